The lowest BCUT2D eigenvalue weighted by atomic mass is 10.3. The van der Waals surface area contributed by atoms with E-state index in [-0.39, 0.29) is 11.7 Å². The van der Waals surface area contributed by atoms with Gasteiger partial charge in [0, 0.05) is 11.8 Å². The Morgan fingerprint density at radius 1 is 1.56 bits per heavy atom. The monoisotopic (exact) mass is 126 g/mol. The van der Waals surface area contributed by atoms with E-state index in [4.69, 9.17) is 0 Å². The van der Waals surface area contributed by atoms with Gasteiger partial charge in [-0.15, -0.1) is 0 Å². The average molecular weight is 126 g/mol. The highest BCUT2D eigenvalue weighted by molar-refractivity contribution is 5.05. The van der Waals surface area contributed by atoms with Gasteiger partial charge in [0.2, 0.25) is 0 Å². The summed E-state index contributed by atoms with van der Waals surface area (Å²) in [6, 6.07) is 3.58. The minimum absolute atomic E-state index is 0. The van der Waals surface area contributed by atoms with Gasteiger partial charge in [0.15, 0.2) is 0 Å². The van der Waals surface area contributed by atoms with Crippen molar-refractivity contribution in [3.63, 3.8) is 0 Å². The largest absolute Gasteiger partial charge is 0.344 e. The lowest BCUT2D eigenvalue weighted by molar-refractivity contribution is 1.18. The van der Waals surface area contributed by atoms with Crippen molar-refractivity contribution in [2.24, 2.45) is 0 Å². The normalized spacial score (nSPS) is 8.11. The zero-order valence-electron chi connectivity index (χ0n) is 5.35. The van der Waals surface area contributed by atoms with Crippen LogP contribution in [-0.2, 0) is 0 Å². The van der Waals surface area contributed by atoms with E-state index >= 15 is 0 Å². The molecule has 1 aromatic heterocycles. The lowest BCUT2D eigenvalue weighted by Gasteiger charge is -1.83. The SMILES string of the molecule is Cc1ccc[nH]c1=O.N. The number of H-pyrrole nitrogens is 1. The van der Waals surface area contributed by atoms with Crippen LogP contribution in [0.1, 0.15) is 5.56 Å². The minimum Gasteiger partial charge on any atom is -0.344 e. The Bertz CT molecular complexity index is 228. The van der Waals surface area contributed by atoms with Crippen LogP contribution in [0.5, 0.6) is 0 Å². The summed E-state index contributed by atoms with van der Waals surface area (Å²) in [7, 11) is 0. The van der Waals surface area contributed by atoms with Crippen molar-refractivity contribution in [2.75, 3.05) is 0 Å². The minimum atomic E-state index is -0.00694. The molecule has 4 N–H and O–H groups in total. The fourth-order valence-electron chi connectivity index (χ4n) is 0.506. The van der Waals surface area contributed by atoms with Gasteiger partial charge in [0.1, 0.15) is 0 Å². The van der Waals surface area contributed by atoms with Gasteiger partial charge < -0.3 is 11.1 Å². The molecule has 0 aliphatic rings. The maximum Gasteiger partial charge on any atom is 0.250 e. The molecule has 3 nitrogen and oxygen atoms in total. The molecule has 1 heterocycles. The van der Waals surface area contributed by atoms with Crippen molar-refractivity contribution in [1.29, 1.82) is 0 Å². The molecule has 0 bridgehead atoms. The molecule has 0 amide bonds. The third-order valence-corrected chi connectivity index (χ3v) is 1.02. The Morgan fingerprint density at radius 3 is 2.56 bits per heavy atom. The summed E-state index contributed by atoms with van der Waals surface area (Å²) in [5.74, 6) is 0. The van der Waals surface area contributed by atoms with Crippen LogP contribution in [0, 0.1) is 6.92 Å². The van der Waals surface area contributed by atoms with Crippen molar-refractivity contribution < 1.29 is 0 Å². The maximum atomic E-state index is 10.6. The number of nitrogens with one attached hydrogen (secondary N) is 1. The van der Waals surface area contributed by atoms with Crippen LogP contribution in [0.2, 0.25) is 0 Å². The summed E-state index contributed by atoms with van der Waals surface area (Å²) in [6.45, 7) is 1.78. The third-order valence-electron chi connectivity index (χ3n) is 1.02. The van der Waals surface area contributed by atoms with E-state index in [1.54, 1.807) is 25.3 Å². The highest BCUT2D eigenvalue weighted by Crippen LogP contribution is 1.81. The van der Waals surface area contributed by atoms with E-state index in [0.29, 0.717) is 0 Å². The predicted molar refractivity (Wildman–Crippen MR) is 36.8 cm³/mol. The van der Waals surface area contributed by atoms with Crippen molar-refractivity contribution in [3.8, 4) is 0 Å². The molecule has 0 unspecified atom stereocenters. The molecule has 3 heteroatoms. The maximum absolute atomic E-state index is 10.6. The standard InChI is InChI=1S/C6H7NO.H3N/c1-5-3-2-4-7-6(5)8;/h2-4H,1H3,(H,7,8);1H3. The first kappa shape index (κ1) is 7.91. The van der Waals surface area contributed by atoms with E-state index in [1.807, 2.05) is 0 Å². The predicted octanol–water partition coefficient (Wildman–Crippen LogP) is 0.845. The number of rotatable bonds is 0. The van der Waals surface area contributed by atoms with Gasteiger partial charge >= 0.3 is 0 Å². The molecular formula is C6H10N2O. The molecular weight excluding hydrogens is 116 g/mol. The summed E-state index contributed by atoms with van der Waals surface area (Å²) in [5, 5.41) is 0. The molecule has 0 saturated carbocycles. The molecule has 50 valence electrons. The number of aromatic nitrogens is 1. The fraction of sp³-hybridized carbons (Fsp3) is 0.167. The second-order valence-electron chi connectivity index (χ2n) is 1.68. The number of hydrogen-bond donors (Lipinski definition) is 2. The number of pyridine rings is 1. The molecule has 9 heavy (non-hydrogen) atoms. The van der Waals surface area contributed by atoms with Crippen molar-refractivity contribution >= 4 is 0 Å². The van der Waals surface area contributed by atoms with E-state index in [1.165, 1.54) is 0 Å². The van der Waals surface area contributed by atoms with Crippen LogP contribution in [-0.4, -0.2) is 4.98 Å². The summed E-state index contributed by atoms with van der Waals surface area (Å²) in [5.41, 5.74) is 0.750. The van der Waals surface area contributed by atoms with Gasteiger partial charge in [0.25, 0.3) is 5.56 Å². The Balaban J connectivity index is 0.000000640. The topological polar surface area (TPSA) is 67.9 Å². The van der Waals surface area contributed by atoms with Crippen molar-refractivity contribution in [1.82, 2.24) is 11.1 Å². The first-order chi connectivity index (χ1) is 3.80. The molecule has 0 saturated heterocycles. The van der Waals surface area contributed by atoms with E-state index < -0.39 is 0 Å². The third kappa shape index (κ3) is 1.70. The second-order valence-corrected chi connectivity index (χ2v) is 1.68. The first-order valence-corrected chi connectivity index (χ1v) is 2.45. The molecule has 0 aromatic carbocycles. The quantitative estimate of drug-likeness (QED) is 0.541. The Kier molecular flexibility index (Phi) is 2.67. The molecule has 0 aliphatic carbocycles. The summed E-state index contributed by atoms with van der Waals surface area (Å²) in [6.07, 6.45) is 1.62. The molecule has 1 aromatic rings. The number of aryl methyl sites for hydroxylation is 1. The summed E-state index contributed by atoms with van der Waals surface area (Å²) >= 11 is 0. The van der Waals surface area contributed by atoms with Gasteiger partial charge in [0.05, 0.1) is 0 Å². The fourth-order valence-corrected chi connectivity index (χ4v) is 0.506. The van der Waals surface area contributed by atoms with E-state index in [2.05, 4.69) is 4.98 Å². The zero-order chi connectivity index (χ0) is 5.98. The molecule has 0 aliphatic heterocycles. The Labute approximate surface area is 53.3 Å². The zero-order valence-corrected chi connectivity index (χ0v) is 5.35. The van der Waals surface area contributed by atoms with Gasteiger partial charge in [-0.3, -0.25) is 4.79 Å². The van der Waals surface area contributed by atoms with Crippen LogP contribution in [0.3, 0.4) is 0 Å². The summed E-state index contributed by atoms with van der Waals surface area (Å²) < 4.78 is 0. The first-order valence-electron chi connectivity index (χ1n) is 2.45. The Morgan fingerprint density at radius 2 is 2.22 bits per heavy atom. The molecule has 0 atom stereocenters. The van der Waals surface area contributed by atoms with Crippen molar-refractivity contribution in [2.45, 2.75) is 6.92 Å². The summed E-state index contributed by atoms with van der Waals surface area (Å²) in [4.78, 5) is 13.1. The lowest BCUT2D eigenvalue weighted by Crippen LogP contribution is -2.06. The molecule has 1 rings (SSSR count). The highest BCUT2D eigenvalue weighted by Gasteiger charge is 1.83. The van der Waals surface area contributed by atoms with Crippen LogP contribution in [0.25, 0.3) is 0 Å². The molecule has 0 fully saturated rings. The second kappa shape index (κ2) is 3.04. The van der Waals surface area contributed by atoms with E-state index in [0.717, 1.165) is 5.56 Å². The molecule has 0 radical (unpaired) electrons. The average Bonchev–Trinajstić information content (AvgIpc) is 1.77. The van der Waals surface area contributed by atoms with Gasteiger partial charge in [-0.25, -0.2) is 0 Å². The number of aromatic amines is 1. The van der Waals surface area contributed by atoms with Crippen LogP contribution >= 0.6 is 0 Å². The van der Waals surface area contributed by atoms with Crippen LogP contribution in [0.15, 0.2) is 23.1 Å². The smallest absolute Gasteiger partial charge is 0.250 e. The van der Waals surface area contributed by atoms with Gasteiger partial charge in [-0.1, -0.05) is 6.07 Å². The van der Waals surface area contributed by atoms with Crippen molar-refractivity contribution in [3.05, 3.63) is 34.2 Å². The van der Waals surface area contributed by atoms with Crippen LogP contribution < -0.4 is 11.7 Å². The highest BCUT2D eigenvalue weighted by atomic mass is 16.1. The Hall–Kier alpha value is -1.09. The van der Waals surface area contributed by atoms with Crippen LogP contribution in [0.4, 0.5) is 0 Å². The van der Waals surface area contributed by atoms with E-state index in [9.17, 15) is 4.79 Å². The van der Waals surface area contributed by atoms with Gasteiger partial charge in [-0.05, 0) is 13.0 Å². The number of hydrogen-bond acceptors (Lipinski definition) is 2. The molecule has 0 spiro atoms. The van der Waals surface area contributed by atoms with Gasteiger partial charge in [-0.2, -0.15) is 0 Å².